The summed E-state index contributed by atoms with van der Waals surface area (Å²) in [5.74, 6) is 0.226. The molecule has 4 aromatic carbocycles. The number of anilines is 1. The fraction of sp³-hybridized carbons (Fsp3) is 0.176. The average Bonchev–Trinajstić information content (AvgIpc) is 3.23. The van der Waals surface area contributed by atoms with Gasteiger partial charge in [0.05, 0.1) is 18.2 Å². The van der Waals surface area contributed by atoms with Crippen molar-refractivity contribution in [2.24, 2.45) is 0 Å². The number of ether oxygens (including phenoxy) is 2. The van der Waals surface area contributed by atoms with Gasteiger partial charge in [-0.2, -0.15) is 0 Å². The molecule has 1 fully saturated rings. The first-order valence-electron chi connectivity index (χ1n) is 13.3. The Morgan fingerprint density at radius 3 is 2.27 bits per heavy atom. The molecule has 1 atom stereocenters. The summed E-state index contributed by atoms with van der Waals surface area (Å²) in [4.78, 5) is 28.5. The number of ketones is 1. The third-order valence-electron chi connectivity index (χ3n) is 6.82. The number of carbonyl (C=O) groups excluding carboxylic acids is 2. The fourth-order valence-electron chi connectivity index (χ4n) is 4.82. The predicted octanol–water partition coefficient (Wildman–Crippen LogP) is 7.51. The molecule has 1 aliphatic heterocycles. The molecule has 1 saturated heterocycles. The Labute approximate surface area is 234 Å². The van der Waals surface area contributed by atoms with E-state index < -0.39 is 17.7 Å². The number of hydrogen-bond donors (Lipinski definition) is 1. The third-order valence-corrected chi connectivity index (χ3v) is 6.82. The van der Waals surface area contributed by atoms with Crippen LogP contribution in [0.15, 0.2) is 103 Å². The highest BCUT2D eigenvalue weighted by atomic mass is 16.5. The van der Waals surface area contributed by atoms with Crippen LogP contribution in [0.3, 0.4) is 0 Å². The molecule has 6 nitrogen and oxygen atoms in total. The summed E-state index contributed by atoms with van der Waals surface area (Å²) in [5.41, 5.74) is 3.49. The molecule has 4 aromatic rings. The Bertz CT molecular complexity index is 1570. The first kappa shape index (κ1) is 26.8. The van der Waals surface area contributed by atoms with Gasteiger partial charge in [0.1, 0.15) is 23.0 Å². The molecule has 0 spiro atoms. The number of hydrogen-bond acceptors (Lipinski definition) is 5. The summed E-state index contributed by atoms with van der Waals surface area (Å²) in [7, 11) is 0. The zero-order chi connectivity index (χ0) is 28.2. The Morgan fingerprint density at radius 2 is 1.57 bits per heavy atom. The summed E-state index contributed by atoms with van der Waals surface area (Å²) in [5, 5.41) is 11.6. The molecular formula is C34H31NO5. The molecule has 1 N–H and O–H groups in total. The topological polar surface area (TPSA) is 76.1 Å². The first-order valence-corrected chi connectivity index (χ1v) is 13.3. The molecule has 1 aliphatic rings. The number of nitrogens with zero attached hydrogens (tertiary/aromatic N) is 1. The molecule has 0 bridgehead atoms. The maximum Gasteiger partial charge on any atom is 0.300 e. The van der Waals surface area contributed by atoms with Gasteiger partial charge >= 0.3 is 0 Å². The second-order valence-corrected chi connectivity index (χ2v) is 9.82. The van der Waals surface area contributed by atoms with Gasteiger partial charge in [0.15, 0.2) is 0 Å². The Morgan fingerprint density at radius 1 is 0.850 bits per heavy atom. The van der Waals surface area contributed by atoms with Crippen LogP contribution >= 0.6 is 0 Å². The van der Waals surface area contributed by atoms with Gasteiger partial charge in [0.25, 0.3) is 11.7 Å². The molecule has 0 saturated carbocycles. The minimum atomic E-state index is -0.863. The smallest absolute Gasteiger partial charge is 0.300 e. The van der Waals surface area contributed by atoms with Crippen molar-refractivity contribution in [1.29, 1.82) is 0 Å². The van der Waals surface area contributed by atoms with Crippen LogP contribution in [0.25, 0.3) is 5.76 Å². The maximum absolute atomic E-state index is 13.6. The van der Waals surface area contributed by atoms with E-state index in [0.717, 1.165) is 17.5 Å². The van der Waals surface area contributed by atoms with Crippen LogP contribution in [-0.4, -0.2) is 23.4 Å². The lowest BCUT2D eigenvalue weighted by Crippen LogP contribution is -2.29. The van der Waals surface area contributed by atoms with Crippen molar-refractivity contribution in [3.05, 3.63) is 125 Å². The zero-order valence-electron chi connectivity index (χ0n) is 22.8. The van der Waals surface area contributed by atoms with Gasteiger partial charge in [-0.1, -0.05) is 55.0 Å². The van der Waals surface area contributed by atoms with E-state index in [-0.39, 0.29) is 11.3 Å². The largest absolute Gasteiger partial charge is 0.507 e. The Kier molecular flexibility index (Phi) is 7.69. The van der Waals surface area contributed by atoms with Crippen LogP contribution in [-0.2, 0) is 9.59 Å². The zero-order valence-corrected chi connectivity index (χ0v) is 22.8. The number of amides is 1. The lowest BCUT2D eigenvalue weighted by Gasteiger charge is -2.26. The molecule has 202 valence electrons. The van der Waals surface area contributed by atoms with E-state index in [2.05, 4.69) is 0 Å². The SMILES string of the molecule is CCCOc1ccc(/C(O)=C2\C(=O)C(=O)N(c3ccc(C)cc3)C2c2cccc(Oc3ccccc3)c2)cc1C. The molecule has 0 radical (unpaired) electrons. The Hall–Kier alpha value is -4.84. The van der Waals surface area contributed by atoms with Crippen LogP contribution in [0.1, 0.15) is 41.6 Å². The number of aliphatic hydroxyl groups excluding tert-OH is 1. The van der Waals surface area contributed by atoms with E-state index in [9.17, 15) is 14.7 Å². The first-order chi connectivity index (χ1) is 19.4. The number of Topliss-reactive ketones (excluding diaryl/α,β-unsaturated/α-hetero) is 1. The van der Waals surface area contributed by atoms with Gasteiger partial charge in [-0.25, -0.2) is 0 Å². The van der Waals surface area contributed by atoms with Crippen molar-refractivity contribution < 1.29 is 24.2 Å². The highest BCUT2D eigenvalue weighted by molar-refractivity contribution is 6.51. The van der Waals surface area contributed by atoms with Crippen LogP contribution in [0.2, 0.25) is 0 Å². The van der Waals surface area contributed by atoms with Crippen LogP contribution in [0.4, 0.5) is 5.69 Å². The molecule has 1 amide bonds. The highest BCUT2D eigenvalue weighted by Crippen LogP contribution is 2.43. The van der Waals surface area contributed by atoms with E-state index in [0.29, 0.717) is 40.7 Å². The van der Waals surface area contributed by atoms with Crippen molar-refractivity contribution in [3.63, 3.8) is 0 Å². The quantitative estimate of drug-likeness (QED) is 0.144. The Balaban J connectivity index is 1.63. The second kappa shape index (κ2) is 11.5. The van der Waals surface area contributed by atoms with Crippen molar-refractivity contribution in [2.45, 2.75) is 33.2 Å². The summed E-state index contributed by atoms with van der Waals surface area (Å²) in [6.07, 6.45) is 0.872. The van der Waals surface area contributed by atoms with Crippen LogP contribution < -0.4 is 14.4 Å². The van der Waals surface area contributed by atoms with Crippen molar-refractivity contribution in [1.82, 2.24) is 0 Å². The summed E-state index contributed by atoms with van der Waals surface area (Å²) in [6, 6.07) is 28.4. The number of aliphatic hydroxyl groups is 1. The summed E-state index contributed by atoms with van der Waals surface area (Å²) >= 11 is 0. The second-order valence-electron chi connectivity index (χ2n) is 9.82. The summed E-state index contributed by atoms with van der Waals surface area (Å²) < 4.78 is 11.8. The predicted molar refractivity (Wildman–Crippen MR) is 156 cm³/mol. The molecular weight excluding hydrogens is 502 g/mol. The minimum Gasteiger partial charge on any atom is -0.507 e. The normalized spacial score (nSPS) is 16.3. The van der Waals surface area contributed by atoms with Gasteiger partial charge < -0.3 is 14.6 Å². The molecule has 1 unspecified atom stereocenters. The number of para-hydroxylation sites is 1. The number of benzene rings is 4. The molecule has 0 aliphatic carbocycles. The molecule has 6 heteroatoms. The lowest BCUT2D eigenvalue weighted by molar-refractivity contribution is -0.132. The van der Waals surface area contributed by atoms with Gasteiger partial charge in [0, 0.05) is 11.3 Å². The van der Waals surface area contributed by atoms with Crippen molar-refractivity contribution in [2.75, 3.05) is 11.5 Å². The number of rotatable bonds is 8. The van der Waals surface area contributed by atoms with Crippen molar-refractivity contribution in [3.8, 4) is 17.2 Å². The minimum absolute atomic E-state index is 0.0177. The average molecular weight is 534 g/mol. The van der Waals surface area contributed by atoms with E-state index >= 15 is 0 Å². The summed E-state index contributed by atoms with van der Waals surface area (Å²) in [6.45, 7) is 6.45. The third kappa shape index (κ3) is 5.34. The van der Waals surface area contributed by atoms with Crippen molar-refractivity contribution >= 4 is 23.1 Å². The standard InChI is InChI=1S/C34H31NO5/c1-4-19-39-29-18-15-25(20-23(29)3)32(36)30-31(35(34(38)33(30)37)26-16-13-22(2)14-17-26)24-9-8-12-28(21-24)40-27-10-6-5-7-11-27/h5-18,20-21,31,36H,4,19H2,1-3H3/b32-30+. The lowest BCUT2D eigenvalue weighted by atomic mass is 9.94. The molecule has 1 heterocycles. The number of carbonyl (C=O) groups is 2. The van der Waals surface area contributed by atoms with E-state index in [1.165, 1.54) is 4.90 Å². The van der Waals surface area contributed by atoms with Gasteiger partial charge in [-0.15, -0.1) is 0 Å². The van der Waals surface area contributed by atoms with Crippen LogP contribution in [0.5, 0.6) is 17.2 Å². The number of aryl methyl sites for hydroxylation is 2. The fourth-order valence-corrected chi connectivity index (χ4v) is 4.82. The van der Waals surface area contributed by atoms with E-state index in [4.69, 9.17) is 9.47 Å². The van der Waals surface area contributed by atoms with Gasteiger partial charge in [-0.05, 0) is 86.0 Å². The van der Waals surface area contributed by atoms with Gasteiger partial charge in [0.2, 0.25) is 0 Å². The maximum atomic E-state index is 13.6. The molecule has 40 heavy (non-hydrogen) atoms. The van der Waals surface area contributed by atoms with Crippen LogP contribution in [0, 0.1) is 13.8 Å². The monoisotopic (exact) mass is 533 g/mol. The molecule has 0 aromatic heterocycles. The van der Waals surface area contributed by atoms with E-state index in [1.807, 2.05) is 93.6 Å². The van der Waals surface area contributed by atoms with E-state index in [1.54, 1.807) is 24.3 Å². The van der Waals surface area contributed by atoms with Gasteiger partial charge in [-0.3, -0.25) is 14.5 Å². The highest BCUT2D eigenvalue weighted by Gasteiger charge is 2.47. The molecule has 5 rings (SSSR count).